The topological polar surface area (TPSA) is 255 Å². The molecule has 1 unspecified atom stereocenters. The van der Waals surface area contributed by atoms with E-state index in [1.165, 1.54) is 73.2 Å². The maximum absolute atomic E-state index is 13.1. The van der Waals surface area contributed by atoms with E-state index in [0.29, 0.717) is 93.7 Å². The highest BCUT2D eigenvalue weighted by Crippen LogP contribution is 2.35. The van der Waals surface area contributed by atoms with E-state index in [-0.39, 0.29) is 22.8 Å². The van der Waals surface area contributed by atoms with Gasteiger partial charge in [-0.15, -0.1) is 0 Å². The predicted octanol–water partition coefficient (Wildman–Crippen LogP) is 12.0. The number of morpholine rings is 1. The molecule has 17 heterocycles. The summed E-state index contributed by atoms with van der Waals surface area (Å²) in [7, 11) is 0. The Hall–Kier alpha value is -10.6. The second-order valence-electron chi connectivity index (χ2n) is 24.9. The van der Waals surface area contributed by atoms with E-state index in [4.69, 9.17) is 14.5 Å². The first-order valence-electron chi connectivity index (χ1n) is 33.8. The molecule has 530 valence electrons. The normalized spacial score (nSPS) is 17.0. The molecule has 0 amide bonds. The molecule has 12 aromatic rings. The fraction of sp³-hybridized carbons (Fsp3) is 0.412. The van der Waals surface area contributed by atoms with Crippen molar-refractivity contribution in [1.29, 1.82) is 0 Å². The van der Waals surface area contributed by atoms with Crippen molar-refractivity contribution in [2.45, 2.75) is 89.9 Å². The second-order valence-corrected chi connectivity index (χ2v) is 24.9. The molecule has 0 bridgehead atoms. The van der Waals surface area contributed by atoms with Crippen molar-refractivity contribution in [2.75, 3.05) is 98.4 Å². The lowest BCUT2D eigenvalue weighted by molar-refractivity contribution is 0.0500. The third kappa shape index (κ3) is 15.6. The van der Waals surface area contributed by atoms with Gasteiger partial charge >= 0.3 is 0 Å². The standard InChI is InChI=1S/C20H22F2N6O.C17H18F2N6.C16H16F2N6.C15H14F2N6O/c21-19(22)15-12-28-16(9-25-18(28)10-24-15)20-23-5-1-17(26-20)27-6-2-14(11-27)13-3-7-29-8-4-13;18-16(19)12-11-25-13(9-22-15(25)10-21-12)17-20-6-5-14(23-17)24-7-3-1-2-4-8-24;17-15(18)11-10-24-12(8-21-14(24)9-20-11)16-19-5-4-13(22-16)23-6-2-1-3-7-23;16-14(17)10-9-23-11(7-20-13(23)8-19-10)15-18-2-1-12(21-15)22-3-5-24-6-4-22/h1,5,9-10,12-14,19H,2-4,6-8,11H2;5-6,9-11,16H,1-4,7-8H2;4-5,8-10,15H,1-3,6-7H2;1-2,7-9,14H,3-6H2. The molecule has 5 fully saturated rings. The van der Waals surface area contributed by atoms with Crippen molar-refractivity contribution in [3.63, 3.8) is 0 Å². The molecule has 26 nitrogen and oxygen atoms in total. The number of rotatable bonds is 13. The minimum Gasteiger partial charge on any atom is -0.381 e. The molecule has 0 radical (unpaired) electrons. The summed E-state index contributed by atoms with van der Waals surface area (Å²) >= 11 is 0. The van der Waals surface area contributed by atoms with Gasteiger partial charge in [0.15, 0.2) is 45.9 Å². The summed E-state index contributed by atoms with van der Waals surface area (Å²) in [6.45, 7) is 10.4. The fourth-order valence-corrected chi connectivity index (χ4v) is 13.1. The molecule has 34 heteroatoms. The molecule has 0 aliphatic carbocycles. The van der Waals surface area contributed by atoms with Crippen molar-refractivity contribution in [3.05, 3.63) is 146 Å². The lowest BCUT2D eigenvalue weighted by atomic mass is 9.85. The number of nitrogens with zero attached hydrogens (tertiary/aromatic N) is 24. The van der Waals surface area contributed by atoms with Gasteiger partial charge in [-0.1, -0.05) is 12.8 Å². The van der Waals surface area contributed by atoms with Crippen LogP contribution in [0.3, 0.4) is 0 Å². The highest BCUT2D eigenvalue weighted by atomic mass is 19.3. The van der Waals surface area contributed by atoms with Gasteiger partial charge in [0.05, 0.1) is 62.8 Å². The smallest absolute Gasteiger partial charge is 0.281 e. The van der Waals surface area contributed by atoms with Crippen LogP contribution < -0.4 is 19.6 Å². The van der Waals surface area contributed by atoms with Gasteiger partial charge in [0.25, 0.3) is 25.7 Å². The van der Waals surface area contributed by atoms with Crippen LogP contribution in [0, 0.1) is 11.8 Å². The number of piperidine rings is 1. The van der Waals surface area contributed by atoms with Crippen LogP contribution in [0.2, 0.25) is 0 Å². The Morgan fingerprint density at radius 1 is 0.304 bits per heavy atom. The molecule has 0 aromatic carbocycles. The van der Waals surface area contributed by atoms with Crippen molar-refractivity contribution < 1.29 is 44.6 Å². The fourth-order valence-electron chi connectivity index (χ4n) is 13.1. The summed E-state index contributed by atoms with van der Waals surface area (Å²) in [6, 6.07) is 7.50. The summed E-state index contributed by atoms with van der Waals surface area (Å²) in [5, 5.41) is 0. The van der Waals surface area contributed by atoms with Gasteiger partial charge in [-0.25, -0.2) is 115 Å². The first-order chi connectivity index (χ1) is 49.8. The number of anilines is 4. The van der Waals surface area contributed by atoms with Crippen LogP contribution >= 0.6 is 0 Å². The van der Waals surface area contributed by atoms with E-state index >= 15 is 0 Å². The highest BCUT2D eigenvalue weighted by molar-refractivity contribution is 5.62. The molecule has 17 rings (SSSR count). The van der Waals surface area contributed by atoms with Crippen LogP contribution in [0.4, 0.5) is 58.4 Å². The summed E-state index contributed by atoms with van der Waals surface area (Å²) in [5.41, 5.74) is 3.00. The maximum atomic E-state index is 13.1. The van der Waals surface area contributed by atoms with E-state index < -0.39 is 25.7 Å². The monoisotopic (exact) mass is 1410 g/mol. The molecule has 102 heavy (non-hydrogen) atoms. The highest BCUT2D eigenvalue weighted by Gasteiger charge is 2.32. The zero-order chi connectivity index (χ0) is 70.1. The van der Waals surface area contributed by atoms with E-state index in [0.717, 1.165) is 134 Å². The van der Waals surface area contributed by atoms with Crippen LogP contribution in [0.5, 0.6) is 0 Å². The van der Waals surface area contributed by atoms with Crippen LogP contribution in [0.25, 0.3) is 68.7 Å². The zero-order valence-electron chi connectivity index (χ0n) is 55.1. The van der Waals surface area contributed by atoms with Gasteiger partial charge in [0, 0.05) is 115 Å². The van der Waals surface area contributed by atoms with E-state index in [2.05, 4.69) is 94.4 Å². The number of alkyl halides is 8. The van der Waals surface area contributed by atoms with E-state index in [9.17, 15) is 35.1 Å². The van der Waals surface area contributed by atoms with Crippen molar-refractivity contribution >= 4 is 45.9 Å². The SMILES string of the molecule is FC(F)c1cn2c(-c3nccc(N4CCC(C5CCOCC5)C4)n3)cnc2cn1.FC(F)c1cn2c(-c3nccc(N4CCCCC4)n3)cnc2cn1.FC(F)c1cn2c(-c3nccc(N4CCCCCC4)n3)cnc2cn1.FC(F)c1cn2c(-c3nccc(N4CCOCC4)n3)cnc2cn1. The van der Waals surface area contributed by atoms with Gasteiger partial charge in [-0.3, -0.25) is 17.6 Å². The Labute approximate surface area is 578 Å². The van der Waals surface area contributed by atoms with Crippen molar-refractivity contribution in [1.82, 2.24) is 97.3 Å². The molecule has 5 saturated heterocycles. The number of hydrogen-bond acceptors (Lipinski definition) is 22. The quantitative estimate of drug-likeness (QED) is 0.0972. The lowest BCUT2D eigenvalue weighted by Gasteiger charge is -2.27. The molecule has 12 aromatic heterocycles. The number of imidazole rings is 4. The molecule has 1 atom stereocenters. The molecule has 0 spiro atoms. The Morgan fingerprint density at radius 3 is 0.941 bits per heavy atom. The maximum Gasteiger partial charge on any atom is 0.281 e. The Morgan fingerprint density at radius 2 is 0.608 bits per heavy atom. The van der Waals surface area contributed by atoms with Crippen LogP contribution in [0.1, 0.15) is 113 Å². The van der Waals surface area contributed by atoms with Crippen LogP contribution in [0.15, 0.2) is 123 Å². The van der Waals surface area contributed by atoms with Crippen molar-refractivity contribution in [3.8, 4) is 46.1 Å². The Kier molecular flexibility index (Phi) is 21.1. The van der Waals surface area contributed by atoms with Crippen LogP contribution in [-0.4, -0.2) is 176 Å². The van der Waals surface area contributed by atoms with Gasteiger partial charge in [0.2, 0.25) is 0 Å². The van der Waals surface area contributed by atoms with E-state index in [1.807, 2.05) is 24.3 Å². The van der Waals surface area contributed by atoms with Crippen molar-refractivity contribution in [2.24, 2.45) is 11.8 Å². The summed E-state index contributed by atoms with van der Waals surface area (Å²) in [6.07, 6.45) is 24.8. The molecule has 5 aliphatic heterocycles. The largest absolute Gasteiger partial charge is 0.381 e. The van der Waals surface area contributed by atoms with Gasteiger partial charge in [-0.05, 0) is 87.5 Å². The summed E-state index contributed by atoms with van der Waals surface area (Å²) < 4.78 is 121. The molecule has 0 N–H and O–H groups in total. The molecular formula is C68H70F8N24O2. The summed E-state index contributed by atoms with van der Waals surface area (Å²) in [5.74, 6) is 6.58. The molecular weight excluding hydrogens is 1340 g/mol. The Bertz CT molecular complexity index is 4640. The van der Waals surface area contributed by atoms with E-state index in [1.54, 1.807) is 62.8 Å². The number of fused-ring (bicyclic) bond motifs is 4. The zero-order valence-corrected chi connectivity index (χ0v) is 55.1. The second kappa shape index (κ2) is 31.5. The minimum atomic E-state index is -2.65. The third-order valence-corrected chi connectivity index (χ3v) is 18.5. The first kappa shape index (κ1) is 68.5. The predicted molar refractivity (Wildman–Crippen MR) is 360 cm³/mol. The van der Waals surface area contributed by atoms with Gasteiger partial charge in [-0.2, -0.15) is 0 Å². The average Bonchev–Trinajstić information content (AvgIpc) is 1.64. The third-order valence-electron chi connectivity index (χ3n) is 18.5. The Balaban J connectivity index is 0.000000116. The minimum absolute atomic E-state index is 0.296. The number of ether oxygens (including phenoxy) is 2. The lowest BCUT2D eigenvalue weighted by Crippen LogP contribution is -2.36. The number of hydrogen-bond donors (Lipinski definition) is 0. The van der Waals surface area contributed by atoms with Gasteiger partial charge < -0.3 is 29.1 Å². The summed E-state index contributed by atoms with van der Waals surface area (Å²) in [4.78, 5) is 76.4. The molecule has 0 saturated carbocycles. The first-order valence-corrected chi connectivity index (χ1v) is 33.8. The molecule has 5 aliphatic rings. The van der Waals surface area contributed by atoms with Crippen LogP contribution in [-0.2, 0) is 9.47 Å². The number of aromatic nitrogens is 20. The number of halogens is 8. The van der Waals surface area contributed by atoms with Gasteiger partial charge in [0.1, 0.15) is 68.8 Å². The average molecular weight is 1410 g/mol.